The minimum Gasteiger partial charge on any atom is -0.544 e. The molecule has 0 heterocycles. The van der Waals surface area contributed by atoms with Gasteiger partial charge >= 0.3 is 11.9 Å². The van der Waals surface area contributed by atoms with E-state index in [0.29, 0.717) is 12.8 Å². The summed E-state index contributed by atoms with van der Waals surface area (Å²) in [6.07, 6.45) is 27.1. The van der Waals surface area contributed by atoms with Crippen LogP contribution in [-0.4, -0.2) is 75.5 Å². The Bertz CT molecular complexity index is 737. The Morgan fingerprint density at radius 2 is 0.957 bits per heavy atom. The molecule has 2 unspecified atom stereocenters. The number of unbranched alkanes of at least 4 members (excludes halogenated alkanes) is 20. The highest BCUT2D eigenvalue weighted by Crippen LogP contribution is 2.15. The lowest BCUT2D eigenvalue weighted by molar-refractivity contribution is -0.889. The molecule has 0 bridgehead atoms. The van der Waals surface area contributed by atoms with Crippen LogP contribution in [0, 0.1) is 0 Å². The number of aliphatic carboxylic acids is 1. The van der Waals surface area contributed by atoms with Gasteiger partial charge in [-0.15, -0.1) is 0 Å². The zero-order valence-electron chi connectivity index (χ0n) is 30.8. The van der Waals surface area contributed by atoms with Crippen molar-refractivity contribution in [2.24, 2.45) is 0 Å². The van der Waals surface area contributed by atoms with Crippen LogP contribution in [-0.2, 0) is 28.6 Å². The van der Waals surface area contributed by atoms with Crippen LogP contribution in [0.25, 0.3) is 0 Å². The zero-order chi connectivity index (χ0) is 34.3. The van der Waals surface area contributed by atoms with E-state index in [1.807, 2.05) is 0 Å². The molecule has 0 amide bonds. The number of carbonyl (C=O) groups is 3. The number of carboxylic acids is 1. The maximum atomic E-state index is 12.6. The number of ether oxygens (including phenoxy) is 3. The van der Waals surface area contributed by atoms with Crippen molar-refractivity contribution in [2.75, 3.05) is 41.0 Å². The molecule has 46 heavy (non-hydrogen) atoms. The third kappa shape index (κ3) is 28.5. The number of esters is 2. The van der Waals surface area contributed by atoms with E-state index in [1.165, 1.54) is 103 Å². The first-order valence-electron chi connectivity index (χ1n) is 19.1. The normalized spacial score (nSPS) is 13.0. The Morgan fingerprint density at radius 1 is 0.565 bits per heavy atom. The van der Waals surface area contributed by atoms with Crippen molar-refractivity contribution < 1.29 is 38.2 Å². The van der Waals surface area contributed by atoms with Gasteiger partial charge in [-0.2, -0.15) is 0 Å². The summed E-state index contributed by atoms with van der Waals surface area (Å²) in [7, 11) is 5.40. The molecule has 0 spiro atoms. The molecule has 0 radical (unpaired) electrons. The SMILES string of the molecule is CCCCCCCCCCCCCCCCCCC(=O)OC(COCCC(C(=O)[O-])[N+](C)(C)C)COC(=O)CCCCCCCC. The zero-order valence-corrected chi connectivity index (χ0v) is 30.8. The molecule has 0 aliphatic heterocycles. The second-order valence-corrected chi connectivity index (χ2v) is 14.2. The molecule has 0 N–H and O–H groups in total. The number of carbonyl (C=O) groups excluding carboxylic acids is 3. The van der Waals surface area contributed by atoms with Gasteiger partial charge in [-0.3, -0.25) is 9.59 Å². The molecule has 272 valence electrons. The average molecular weight is 656 g/mol. The molecule has 0 aromatic rings. The molecule has 0 saturated heterocycles. The fourth-order valence-electron chi connectivity index (χ4n) is 5.72. The number of carboxylic acid groups (broad SMARTS) is 1. The minimum absolute atomic E-state index is 0.0475. The van der Waals surface area contributed by atoms with Crippen LogP contribution >= 0.6 is 0 Å². The number of likely N-dealkylation sites (N-methyl/N-ethyl adjacent to an activating group) is 1. The van der Waals surface area contributed by atoms with E-state index in [1.54, 1.807) is 21.1 Å². The number of quaternary nitrogens is 1. The minimum atomic E-state index is -1.12. The first-order valence-corrected chi connectivity index (χ1v) is 19.1. The lowest BCUT2D eigenvalue weighted by Gasteiger charge is -2.34. The third-order valence-electron chi connectivity index (χ3n) is 8.74. The summed E-state index contributed by atoms with van der Waals surface area (Å²) in [4.78, 5) is 36.4. The molecule has 8 nitrogen and oxygen atoms in total. The molecular formula is C38H73NO7. The maximum Gasteiger partial charge on any atom is 0.306 e. The second-order valence-electron chi connectivity index (χ2n) is 14.2. The predicted octanol–water partition coefficient (Wildman–Crippen LogP) is 8.08. The van der Waals surface area contributed by atoms with Crippen LogP contribution in [0.4, 0.5) is 0 Å². The molecular weight excluding hydrogens is 582 g/mol. The van der Waals surface area contributed by atoms with Crippen molar-refractivity contribution in [1.82, 2.24) is 0 Å². The van der Waals surface area contributed by atoms with E-state index in [-0.39, 0.29) is 42.7 Å². The average Bonchev–Trinajstić information content (AvgIpc) is 3.00. The van der Waals surface area contributed by atoms with Gasteiger partial charge in [0.05, 0.1) is 40.3 Å². The van der Waals surface area contributed by atoms with Crippen molar-refractivity contribution in [3.63, 3.8) is 0 Å². The van der Waals surface area contributed by atoms with E-state index in [9.17, 15) is 19.5 Å². The summed E-state index contributed by atoms with van der Waals surface area (Å²) in [6, 6.07) is -0.717. The molecule has 0 aliphatic carbocycles. The maximum absolute atomic E-state index is 12.6. The number of hydrogen-bond donors (Lipinski definition) is 0. The van der Waals surface area contributed by atoms with Crippen molar-refractivity contribution in [3.05, 3.63) is 0 Å². The number of rotatable bonds is 34. The van der Waals surface area contributed by atoms with Crippen LogP contribution in [0.3, 0.4) is 0 Å². The van der Waals surface area contributed by atoms with Crippen molar-refractivity contribution in [2.45, 2.75) is 187 Å². The van der Waals surface area contributed by atoms with Crippen LogP contribution in [0.2, 0.25) is 0 Å². The van der Waals surface area contributed by atoms with E-state index < -0.39 is 18.1 Å². The monoisotopic (exact) mass is 656 g/mol. The Labute approximate surface area is 283 Å². The number of hydrogen-bond acceptors (Lipinski definition) is 7. The Kier molecular flexibility index (Phi) is 29.5. The fraction of sp³-hybridized carbons (Fsp3) is 0.921. The van der Waals surface area contributed by atoms with Crippen LogP contribution in [0.5, 0.6) is 0 Å². The summed E-state index contributed by atoms with van der Waals surface area (Å²) in [6.45, 7) is 4.61. The van der Waals surface area contributed by atoms with Crippen LogP contribution in [0.1, 0.15) is 174 Å². The van der Waals surface area contributed by atoms with Gasteiger partial charge in [0.2, 0.25) is 0 Å². The van der Waals surface area contributed by atoms with Crippen molar-refractivity contribution in [3.8, 4) is 0 Å². The predicted molar refractivity (Wildman–Crippen MR) is 185 cm³/mol. The standard InChI is InChI=1S/C38H73NO7/c1-6-8-10-12-14-15-16-17-18-19-20-21-22-23-25-27-29-37(41)46-34(32-44-31-30-35(38(42)43)39(3,4)5)33-45-36(40)28-26-24-13-11-9-7-2/h34-35H,6-33H2,1-5H3. The van der Waals surface area contributed by atoms with Crippen molar-refractivity contribution >= 4 is 17.9 Å². The summed E-state index contributed by atoms with van der Waals surface area (Å²) in [5, 5.41) is 11.5. The molecule has 0 rings (SSSR count). The molecule has 8 heteroatoms. The highest BCUT2D eigenvalue weighted by Gasteiger charge is 2.25. The smallest absolute Gasteiger partial charge is 0.306 e. The van der Waals surface area contributed by atoms with Gasteiger partial charge in [0.1, 0.15) is 12.6 Å². The second kappa shape index (κ2) is 30.7. The summed E-state index contributed by atoms with van der Waals surface area (Å²) in [5.41, 5.74) is 0. The number of nitrogens with zero attached hydrogens (tertiary/aromatic N) is 1. The van der Waals surface area contributed by atoms with Gasteiger partial charge in [-0.25, -0.2) is 0 Å². The summed E-state index contributed by atoms with van der Waals surface area (Å²) in [5.74, 6) is -1.73. The molecule has 0 aromatic heterocycles. The topological polar surface area (TPSA) is 102 Å². The Balaban J connectivity index is 4.28. The van der Waals surface area contributed by atoms with E-state index in [4.69, 9.17) is 14.2 Å². The molecule has 0 aliphatic rings. The van der Waals surface area contributed by atoms with Crippen LogP contribution < -0.4 is 5.11 Å². The lowest BCUT2D eigenvalue weighted by atomic mass is 10.0. The molecule has 0 fully saturated rings. The first-order chi connectivity index (χ1) is 22.1. The Morgan fingerprint density at radius 3 is 1.35 bits per heavy atom. The van der Waals surface area contributed by atoms with Gasteiger partial charge in [0, 0.05) is 19.3 Å². The van der Waals surface area contributed by atoms with E-state index in [2.05, 4.69) is 13.8 Å². The van der Waals surface area contributed by atoms with Gasteiger partial charge in [-0.05, 0) is 12.8 Å². The highest BCUT2D eigenvalue weighted by molar-refractivity contribution is 5.70. The summed E-state index contributed by atoms with van der Waals surface area (Å²) < 4.78 is 17.0. The van der Waals surface area contributed by atoms with E-state index >= 15 is 0 Å². The third-order valence-corrected chi connectivity index (χ3v) is 8.74. The molecule has 0 saturated carbocycles. The fourth-order valence-corrected chi connectivity index (χ4v) is 5.72. The van der Waals surface area contributed by atoms with E-state index in [0.717, 1.165) is 38.5 Å². The summed E-state index contributed by atoms with van der Waals surface area (Å²) >= 11 is 0. The van der Waals surface area contributed by atoms with Crippen LogP contribution in [0.15, 0.2) is 0 Å². The van der Waals surface area contributed by atoms with Gasteiger partial charge in [0.15, 0.2) is 6.10 Å². The van der Waals surface area contributed by atoms with Crippen molar-refractivity contribution in [1.29, 1.82) is 0 Å². The van der Waals surface area contributed by atoms with Gasteiger partial charge in [0.25, 0.3) is 0 Å². The highest BCUT2D eigenvalue weighted by atomic mass is 16.6. The largest absolute Gasteiger partial charge is 0.544 e. The molecule has 0 aromatic carbocycles. The van der Waals surface area contributed by atoms with Gasteiger partial charge in [-0.1, -0.05) is 142 Å². The molecule has 2 atom stereocenters. The first kappa shape index (κ1) is 44.3. The quantitative estimate of drug-likeness (QED) is 0.0392. The van der Waals surface area contributed by atoms with Gasteiger partial charge < -0.3 is 28.6 Å². The lowest BCUT2D eigenvalue weighted by Crippen LogP contribution is -2.55. The Hall–Kier alpha value is -1.67.